The molecule has 6 nitrogen and oxygen atoms in total. The zero-order chi connectivity index (χ0) is 15.3. The quantitative estimate of drug-likeness (QED) is 0.613. The van der Waals surface area contributed by atoms with Crippen LogP contribution in [-0.4, -0.2) is 22.9 Å². The maximum atomic E-state index is 11.7. The Morgan fingerprint density at radius 2 is 2.05 bits per heavy atom. The minimum atomic E-state index is -0.444. The number of nitrogens with zero attached hydrogens (tertiary/aromatic N) is 1. The summed E-state index contributed by atoms with van der Waals surface area (Å²) in [4.78, 5) is 21.9. The average molecular weight is 344 g/mol. The van der Waals surface area contributed by atoms with Crippen LogP contribution in [0, 0.1) is 10.1 Å². The van der Waals surface area contributed by atoms with Crippen LogP contribution in [0.5, 0.6) is 0 Å². The third-order valence-corrected chi connectivity index (χ3v) is 3.41. The predicted molar refractivity (Wildman–Crippen MR) is 80.4 cm³/mol. The predicted octanol–water partition coefficient (Wildman–Crippen LogP) is 2.36. The standard InChI is InChI=1S/C13H18BrN3O3/c1-8(2)16-13(18)9(3)15-7-10-4-5-11(17(19)20)6-12(10)14/h4-6,8-9,15H,7H2,1-3H3,(H,16,18). The van der Waals surface area contributed by atoms with Crippen LogP contribution in [-0.2, 0) is 11.3 Å². The maximum Gasteiger partial charge on any atom is 0.270 e. The van der Waals surface area contributed by atoms with E-state index in [9.17, 15) is 14.9 Å². The van der Waals surface area contributed by atoms with E-state index in [0.29, 0.717) is 11.0 Å². The topological polar surface area (TPSA) is 84.3 Å². The summed E-state index contributed by atoms with van der Waals surface area (Å²) in [5.41, 5.74) is 0.894. The van der Waals surface area contributed by atoms with E-state index in [0.717, 1.165) is 5.56 Å². The molecule has 0 aliphatic rings. The van der Waals surface area contributed by atoms with E-state index in [1.54, 1.807) is 13.0 Å². The molecular weight excluding hydrogens is 326 g/mol. The van der Waals surface area contributed by atoms with E-state index in [2.05, 4.69) is 26.6 Å². The highest BCUT2D eigenvalue weighted by atomic mass is 79.9. The fourth-order valence-corrected chi connectivity index (χ4v) is 2.07. The number of halogens is 1. The maximum absolute atomic E-state index is 11.7. The van der Waals surface area contributed by atoms with E-state index >= 15 is 0 Å². The molecule has 1 rings (SSSR count). The second-order valence-electron chi connectivity index (χ2n) is 4.80. The van der Waals surface area contributed by atoms with Gasteiger partial charge in [0.15, 0.2) is 0 Å². The summed E-state index contributed by atoms with van der Waals surface area (Å²) in [5, 5.41) is 16.5. The summed E-state index contributed by atoms with van der Waals surface area (Å²) < 4.78 is 0.649. The SMILES string of the molecule is CC(C)NC(=O)C(C)NCc1ccc([N+](=O)[O-])cc1Br. The number of amides is 1. The fraction of sp³-hybridized carbons (Fsp3) is 0.462. The number of non-ortho nitro benzene ring substituents is 1. The Balaban J connectivity index is 2.62. The molecule has 0 radical (unpaired) electrons. The molecule has 0 aliphatic heterocycles. The van der Waals surface area contributed by atoms with Crippen LogP contribution in [0.25, 0.3) is 0 Å². The average Bonchev–Trinajstić information content (AvgIpc) is 2.35. The van der Waals surface area contributed by atoms with Crippen molar-refractivity contribution in [3.05, 3.63) is 38.3 Å². The van der Waals surface area contributed by atoms with Crippen molar-refractivity contribution in [1.82, 2.24) is 10.6 Å². The number of nitrogens with one attached hydrogen (secondary N) is 2. The molecule has 0 bridgehead atoms. The lowest BCUT2D eigenvalue weighted by molar-refractivity contribution is -0.384. The van der Waals surface area contributed by atoms with Gasteiger partial charge in [-0.05, 0) is 32.4 Å². The highest BCUT2D eigenvalue weighted by Gasteiger charge is 2.14. The van der Waals surface area contributed by atoms with Gasteiger partial charge in [-0.15, -0.1) is 0 Å². The van der Waals surface area contributed by atoms with Crippen LogP contribution < -0.4 is 10.6 Å². The third-order valence-electron chi connectivity index (χ3n) is 2.67. The van der Waals surface area contributed by atoms with Gasteiger partial charge in [0.1, 0.15) is 0 Å². The molecule has 1 aromatic carbocycles. The molecule has 0 spiro atoms. The van der Waals surface area contributed by atoms with Gasteiger partial charge in [-0.3, -0.25) is 14.9 Å². The van der Waals surface area contributed by atoms with Gasteiger partial charge in [0, 0.05) is 29.2 Å². The number of hydrogen-bond donors (Lipinski definition) is 2. The van der Waals surface area contributed by atoms with E-state index in [1.807, 2.05) is 13.8 Å². The highest BCUT2D eigenvalue weighted by molar-refractivity contribution is 9.10. The number of benzene rings is 1. The fourth-order valence-electron chi connectivity index (χ4n) is 1.56. The lowest BCUT2D eigenvalue weighted by Gasteiger charge is -2.16. The van der Waals surface area contributed by atoms with Crippen LogP contribution in [0.4, 0.5) is 5.69 Å². The summed E-state index contributed by atoms with van der Waals surface area (Å²) >= 11 is 3.30. The summed E-state index contributed by atoms with van der Waals surface area (Å²) in [5.74, 6) is -0.0713. The number of rotatable bonds is 6. The Labute approximate surface area is 126 Å². The Kier molecular flexibility index (Phi) is 6.09. The van der Waals surface area contributed by atoms with Crippen molar-refractivity contribution in [2.45, 2.75) is 39.4 Å². The van der Waals surface area contributed by atoms with Crippen molar-refractivity contribution in [1.29, 1.82) is 0 Å². The lowest BCUT2D eigenvalue weighted by Crippen LogP contribution is -2.44. The molecular formula is C13H18BrN3O3. The van der Waals surface area contributed by atoms with E-state index < -0.39 is 4.92 Å². The molecule has 7 heteroatoms. The molecule has 110 valence electrons. The molecule has 1 unspecified atom stereocenters. The first-order valence-electron chi connectivity index (χ1n) is 6.28. The van der Waals surface area contributed by atoms with Gasteiger partial charge in [-0.2, -0.15) is 0 Å². The first-order chi connectivity index (χ1) is 9.31. The first-order valence-corrected chi connectivity index (χ1v) is 7.07. The number of carbonyl (C=O) groups is 1. The van der Waals surface area contributed by atoms with Gasteiger partial charge in [-0.1, -0.05) is 15.9 Å². The number of nitro groups is 1. The van der Waals surface area contributed by atoms with E-state index in [4.69, 9.17) is 0 Å². The van der Waals surface area contributed by atoms with Crippen molar-refractivity contribution in [2.75, 3.05) is 0 Å². The van der Waals surface area contributed by atoms with Crippen molar-refractivity contribution in [3.63, 3.8) is 0 Å². The molecule has 1 atom stereocenters. The summed E-state index contributed by atoms with van der Waals surface area (Å²) in [6, 6.07) is 4.33. The molecule has 0 saturated carbocycles. The lowest BCUT2D eigenvalue weighted by atomic mass is 10.2. The van der Waals surface area contributed by atoms with Crippen LogP contribution in [0.3, 0.4) is 0 Å². The Morgan fingerprint density at radius 1 is 1.40 bits per heavy atom. The second-order valence-corrected chi connectivity index (χ2v) is 5.65. The zero-order valence-electron chi connectivity index (χ0n) is 11.6. The third kappa shape index (κ3) is 4.90. The minimum absolute atomic E-state index is 0.0335. The number of carbonyl (C=O) groups excluding carboxylic acids is 1. The Hall–Kier alpha value is -1.47. The summed E-state index contributed by atoms with van der Waals surface area (Å²) in [6.07, 6.45) is 0. The first kappa shape index (κ1) is 16.6. The van der Waals surface area contributed by atoms with Crippen LogP contribution in [0.2, 0.25) is 0 Å². The van der Waals surface area contributed by atoms with Crippen molar-refractivity contribution in [2.24, 2.45) is 0 Å². The van der Waals surface area contributed by atoms with Crippen LogP contribution in [0.1, 0.15) is 26.3 Å². The Morgan fingerprint density at radius 3 is 2.55 bits per heavy atom. The summed E-state index contributed by atoms with van der Waals surface area (Å²) in [7, 11) is 0. The molecule has 0 saturated heterocycles. The summed E-state index contributed by atoms with van der Waals surface area (Å²) in [6.45, 7) is 6.03. The molecule has 1 aromatic rings. The van der Waals surface area contributed by atoms with Crippen LogP contribution >= 0.6 is 15.9 Å². The van der Waals surface area contributed by atoms with Gasteiger partial charge in [-0.25, -0.2) is 0 Å². The van der Waals surface area contributed by atoms with Crippen molar-refractivity contribution >= 4 is 27.5 Å². The Bertz CT molecular complexity index is 506. The van der Waals surface area contributed by atoms with Gasteiger partial charge in [0.2, 0.25) is 5.91 Å². The van der Waals surface area contributed by atoms with Gasteiger partial charge in [0.05, 0.1) is 11.0 Å². The molecule has 2 N–H and O–H groups in total. The molecule has 0 fully saturated rings. The number of hydrogen-bond acceptors (Lipinski definition) is 4. The molecule has 0 aromatic heterocycles. The van der Waals surface area contributed by atoms with Gasteiger partial charge < -0.3 is 10.6 Å². The van der Waals surface area contributed by atoms with E-state index in [-0.39, 0.29) is 23.7 Å². The largest absolute Gasteiger partial charge is 0.353 e. The molecule has 0 aliphatic carbocycles. The van der Waals surface area contributed by atoms with E-state index in [1.165, 1.54) is 12.1 Å². The zero-order valence-corrected chi connectivity index (χ0v) is 13.2. The molecule has 0 heterocycles. The molecule has 20 heavy (non-hydrogen) atoms. The van der Waals surface area contributed by atoms with Crippen LogP contribution in [0.15, 0.2) is 22.7 Å². The smallest absolute Gasteiger partial charge is 0.270 e. The second kappa shape index (κ2) is 7.35. The monoisotopic (exact) mass is 343 g/mol. The van der Waals surface area contributed by atoms with Gasteiger partial charge in [0.25, 0.3) is 5.69 Å². The highest BCUT2D eigenvalue weighted by Crippen LogP contribution is 2.22. The number of nitro benzene ring substituents is 1. The molecule has 1 amide bonds. The van der Waals surface area contributed by atoms with Gasteiger partial charge >= 0.3 is 0 Å². The van der Waals surface area contributed by atoms with Crippen molar-refractivity contribution < 1.29 is 9.72 Å². The minimum Gasteiger partial charge on any atom is -0.353 e. The normalized spacial score (nSPS) is 12.2. The van der Waals surface area contributed by atoms with Crippen molar-refractivity contribution in [3.8, 4) is 0 Å².